The van der Waals surface area contributed by atoms with Crippen molar-refractivity contribution in [2.45, 2.75) is 13.0 Å². The maximum absolute atomic E-state index is 5.82. The van der Waals surface area contributed by atoms with E-state index in [9.17, 15) is 0 Å². The Bertz CT molecular complexity index is 482. The van der Waals surface area contributed by atoms with E-state index >= 15 is 0 Å². The van der Waals surface area contributed by atoms with Crippen molar-refractivity contribution in [3.8, 4) is 11.5 Å². The predicted octanol–water partition coefficient (Wildman–Crippen LogP) is 3.57. The third kappa shape index (κ3) is 4.21. The number of methoxy groups -OCH3 is 1. The lowest BCUT2D eigenvalue weighted by atomic mass is 10.3. The summed E-state index contributed by atoms with van der Waals surface area (Å²) in [4.78, 5) is 0. The fourth-order valence-corrected chi connectivity index (χ4v) is 1.75. The van der Waals surface area contributed by atoms with Gasteiger partial charge in [0.2, 0.25) is 0 Å². The Hall–Kier alpha value is -2.16. The first-order chi connectivity index (χ1) is 9.28. The van der Waals surface area contributed by atoms with Gasteiger partial charge in [-0.15, -0.1) is 0 Å². The van der Waals surface area contributed by atoms with E-state index in [0.717, 1.165) is 23.7 Å². The molecule has 1 unspecified atom stereocenters. The second-order valence-corrected chi connectivity index (χ2v) is 4.35. The highest BCUT2D eigenvalue weighted by molar-refractivity contribution is 5.42. The van der Waals surface area contributed by atoms with Crippen molar-refractivity contribution in [1.82, 2.24) is 0 Å². The lowest BCUT2D eigenvalue weighted by molar-refractivity contribution is 0.234. The summed E-state index contributed by atoms with van der Waals surface area (Å²) in [5, 5.41) is 3.34. The summed E-state index contributed by atoms with van der Waals surface area (Å²) in [6, 6.07) is 17.7. The van der Waals surface area contributed by atoms with Gasteiger partial charge in [-0.2, -0.15) is 0 Å². The van der Waals surface area contributed by atoms with Gasteiger partial charge in [-0.05, 0) is 43.3 Å². The van der Waals surface area contributed by atoms with E-state index in [-0.39, 0.29) is 6.10 Å². The second kappa shape index (κ2) is 6.69. The monoisotopic (exact) mass is 257 g/mol. The Balaban J connectivity index is 1.82. The van der Waals surface area contributed by atoms with Crippen LogP contribution in [0.2, 0.25) is 0 Å². The molecule has 1 N–H and O–H groups in total. The van der Waals surface area contributed by atoms with Crippen molar-refractivity contribution >= 4 is 5.69 Å². The highest BCUT2D eigenvalue weighted by Crippen LogP contribution is 2.18. The summed E-state index contributed by atoms with van der Waals surface area (Å²) in [5.41, 5.74) is 1.10. The number of hydrogen-bond acceptors (Lipinski definition) is 3. The molecule has 0 aliphatic heterocycles. The molecule has 2 aromatic rings. The summed E-state index contributed by atoms with van der Waals surface area (Å²) in [7, 11) is 1.66. The molecular formula is C16H19NO2. The maximum Gasteiger partial charge on any atom is 0.120 e. The number of rotatable bonds is 6. The van der Waals surface area contributed by atoms with Crippen LogP contribution < -0.4 is 14.8 Å². The van der Waals surface area contributed by atoms with Gasteiger partial charge >= 0.3 is 0 Å². The molecule has 1 atom stereocenters. The van der Waals surface area contributed by atoms with Crippen LogP contribution in [-0.4, -0.2) is 19.8 Å². The number of anilines is 1. The Morgan fingerprint density at radius 3 is 2.21 bits per heavy atom. The fourth-order valence-electron chi connectivity index (χ4n) is 1.75. The minimum Gasteiger partial charge on any atom is -0.497 e. The third-order valence-corrected chi connectivity index (χ3v) is 2.76. The molecule has 2 aromatic carbocycles. The molecule has 0 aromatic heterocycles. The van der Waals surface area contributed by atoms with Crippen molar-refractivity contribution in [2.75, 3.05) is 19.0 Å². The summed E-state index contributed by atoms with van der Waals surface area (Å²) in [5.74, 6) is 1.69. The van der Waals surface area contributed by atoms with Crippen LogP contribution in [-0.2, 0) is 0 Å². The first kappa shape index (κ1) is 13.3. The van der Waals surface area contributed by atoms with E-state index in [2.05, 4.69) is 5.32 Å². The highest BCUT2D eigenvalue weighted by Gasteiger charge is 2.04. The summed E-state index contributed by atoms with van der Waals surface area (Å²) in [6.45, 7) is 2.80. The predicted molar refractivity (Wildman–Crippen MR) is 78.0 cm³/mol. The largest absolute Gasteiger partial charge is 0.497 e. The third-order valence-electron chi connectivity index (χ3n) is 2.76. The molecule has 3 heteroatoms. The molecule has 0 heterocycles. The lowest BCUT2D eigenvalue weighted by Crippen LogP contribution is -2.22. The van der Waals surface area contributed by atoms with Crippen LogP contribution in [0.3, 0.4) is 0 Å². The zero-order valence-corrected chi connectivity index (χ0v) is 11.3. The van der Waals surface area contributed by atoms with Gasteiger partial charge in [-0.3, -0.25) is 0 Å². The van der Waals surface area contributed by atoms with Crippen LogP contribution >= 0.6 is 0 Å². The normalized spacial score (nSPS) is 11.7. The van der Waals surface area contributed by atoms with E-state index < -0.39 is 0 Å². The number of nitrogens with one attached hydrogen (secondary N) is 1. The molecule has 100 valence electrons. The molecule has 0 aliphatic carbocycles. The number of ether oxygens (including phenoxy) is 2. The van der Waals surface area contributed by atoms with Crippen molar-refractivity contribution in [3.63, 3.8) is 0 Å². The van der Waals surface area contributed by atoms with Crippen molar-refractivity contribution < 1.29 is 9.47 Å². The zero-order valence-electron chi connectivity index (χ0n) is 11.3. The molecule has 0 aliphatic rings. The van der Waals surface area contributed by atoms with Gasteiger partial charge in [0.1, 0.15) is 17.6 Å². The van der Waals surface area contributed by atoms with Gasteiger partial charge in [0.15, 0.2) is 0 Å². The SMILES string of the molecule is COc1ccc(OC(C)CNc2ccccc2)cc1. The molecule has 2 rings (SSSR count). The van der Waals surface area contributed by atoms with Gasteiger partial charge in [0.25, 0.3) is 0 Å². The van der Waals surface area contributed by atoms with Gasteiger partial charge in [-0.1, -0.05) is 18.2 Å². The molecule has 3 nitrogen and oxygen atoms in total. The van der Waals surface area contributed by atoms with Crippen LogP contribution in [0, 0.1) is 0 Å². The molecule has 0 radical (unpaired) electrons. The second-order valence-electron chi connectivity index (χ2n) is 4.35. The van der Waals surface area contributed by atoms with Crippen LogP contribution in [0.4, 0.5) is 5.69 Å². The van der Waals surface area contributed by atoms with E-state index in [1.165, 1.54) is 0 Å². The number of para-hydroxylation sites is 1. The van der Waals surface area contributed by atoms with Gasteiger partial charge in [0.05, 0.1) is 13.7 Å². The van der Waals surface area contributed by atoms with E-state index in [1.54, 1.807) is 7.11 Å². The van der Waals surface area contributed by atoms with Gasteiger partial charge in [-0.25, -0.2) is 0 Å². The van der Waals surface area contributed by atoms with E-state index in [1.807, 2.05) is 61.5 Å². The van der Waals surface area contributed by atoms with Gasteiger partial charge < -0.3 is 14.8 Å². The first-order valence-corrected chi connectivity index (χ1v) is 6.37. The van der Waals surface area contributed by atoms with Crippen LogP contribution in [0.5, 0.6) is 11.5 Å². The topological polar surface area (TPSA) is 30.5 Å². The average molecular weight is 257 g/mol. The van der Waals surface area contributed by atoms with Crippen molar-refractivity contribution in [1.29, 1.82) is 0 Å². The molecule has 0 amide bonds. The van der Waals surface area contributed by atoms with E-state index in [0.29, 0.717) is 0 Å². The molecule has 0 saturated carbocycles. The molecule has 19 heavy (non-hydrogen) atoms. The Labute approximate surface area is 114 Å². The minimum atomic E-state index is 0.0913. The average Bonchev–Trinajstić information content (AvgIpc) is 2.47. The Morgan fingerprint density at radius 2 is 1.58 bits per heavy atom. The Morgan fingerprint density at radius 1 is 0.947 bits per heavy atom. The standard InChI is InChI=1S/C16H19NO2/c1-13(12-17-14-6-4-3-5-7-14)19-16-10-8-15(18-2)9-11-16/h3-11,13,17H,12H2,1-2H3. The quantitative estimate of drug-likeness (QED) is 0.858. The molecule has 0 fully saturated rings. The van der Waals surface area contributed by atoms with Crippen LogP contribution in [0.25, 0.3) is 0 Å². The molecule has 0 saturated heterocycles. The molecular weight excluding hydrogens is 238 g/mol. The van der Waals surface area contributed by atoms with Crippen LogP contribution in [0.1, 0.15) is 6.92 Å². The number of hydrogen-bond donors (Lipinski definition) is 1. The van der Waals surface area contributed by atoms with Gasteiger partial charge in [0, 0.05) is 5.69 Å². The summed E-state index contributed by atoms with van der Waals surface area (Å²) >= 11 is 0. The van der Waals surface area contributed by atoms with Crippen molar-refractivity contribution in [3.05, 3.63) is 54.6 Å². The molecule has 0 bridgehead atoms. The minimum absolute atomic E-state index is 0.0913. The lowest BCUT2D eigenvalue weighted by Gasteiger charge is -2.16. The fraction of sp³-hybridized carbons (Fsp3) is 0.250. The highest BCUT2D eigenvalue weighted by atomic mass is 16.5. The summed E-state index contributed by atoms with van der Waals surface area (Å²) in [6.07, 6.45) is 0.0913. The zero-order chi connectivity index (χ0) is 13.5. The van der Waals surface area contributed by atoms with Crippen molar-refractivity contribution in [2.24, 2.45) is 0 Å². The first-order valence-electron chi connectivity index (χ1n) is 6.37. The summed E-state index contributed by atoms with van der Waals surface area (Å²) < 4.78 is 10.9. The Kier molecular flexibility index (Phi) is 4.67. The number of benzene rings is 2. The maximum atomic E-state index is 5.82. The van der Waals surface area contributed by atoms with E-state index in [4.69, 9.17) is 9.47 Å². The smallest absolute Gasteiger partial charge is 0.120 e. The van der Waals surface area contributed by atoms with Crippen LogP contribution in [0.15, 0.2) is 54.6 Å². The molecule has 0 spiro atoms.